The summed E-state index contributed by atoms with van der Waals surface area (Å²) in [6.07, 6.45) is -5.12. The van der Waals surface area contributed by atoms with Gasteiger partial charge in [-0.2, -0.15) is 13.2 Å². The molecule has 0 saturated heterocycles. The zero-order valence-corrected chi connectivity index (χ0v) is 15.5. The van der Waals surface area contributed by atoms with Gasteiger partial charge in [0.2, 0.25) is 0 Å². The van der Waals surface area contributed by atoms with E-state index in [0.29, 0.717) is 24.1 Å². The van der Waals surface area contributed by atoms with E-state index >= 15 is 0 Å². The molecule has 0 radical (unpaired) electrons. The summed E-state index contributed by atoms with van der Waals surface area (Å²) >= 11 is 6.08. The molecule has 1 aromatic carbocycles. The van der Waals surface area contributed by atoms with Crippen LogP contribution in [0.2, 0.25) is 5.02 Å². The van der Waals surface area contributed by atoms with Crippen molar-refractivity contribution in [1.29, 1.82) is 0 Å². The number of hydrogen-bond donors (Lipinski definition) is 1. The number of hydrogen-bond acceptors (Lipinski definition) is 1. The average Bonchev–Trinajstić information content (AvgIpc) is 2.39. The van der Waals surface area contributed by atoms with Crippen molar-refractivity contribution < 1.29 is 13.2 Å². The van der Waals surface area contributed by atoms with Crippen LogP contribution in [0, 0.1) is 0 Å². The quantitative estimate of drug-likeness (QED) is 0.412. The molecule has 0 fully saturated rings. The van der Waals surface area contributed by atoms with Crippen LogP contribution in [0.25, 0.3) is 0 Å². The van der Waals surface area contributed by atoms with Crippen molar-refractivity contribution in [3.63, 3.8) is 0 Å². The summed E-state index contributed by atoms with van der Waals surface area (Å²) in [7, 11) is 1.76. The number of halogens is 5. The first kappa shape index (κ1) is 21.3. The van der Waals surface area contributed by atoms with Crippen LogP contribution < -0.4 is 5.32 Å². The van der Waals surface area contributed by atoms with Gasteiger partial charge in [0.05, 0.1) is 13.0 Å². The minimum Gasteiger partial charge on any atom is -0.357 e. The lowest BCUT2D eigenvalue weighted by atomic mass is 10.2. The molecule has 0 aromatic heterocycles. The van der Waals surface area contributed by atoms with E-state index in [4.69, 9.17) is 11.6 Å². The highest BCUT2D eigenvalue weighted by Gasteiger charge is 2.26. The first-order valence-electron chi connectivity index (χ1n) is 6.63. The van der Waals surface area contributed by atoms with E-state index in [1.807, 2.05) is 25.1 Å². The van der Waals surface area contributed by atoms with Crippen molar-refractivity contribution in [2.24, 2.45) is 4.99 Å². The van der Waals surface area contributed by atoms with Gasteiger partial charge in [0, 0.05) is 25.2 Å². The van der Waals surface area contributed by atoms with E-state index in [-0.39, 0.29) is 30.5 Å². The predicted octanol–water partition coefficient (Wildman–Crippen LogP) is 4.31. The second-order valence-corrected chi connectivity index (χ2v) is 4.96. The normalized spacial score (nSPS) is 11.8. The van der Waals surface area contributed by atoms with Crippen molar-refractivity contribution in [3.8, 4) is 0 Å². The Morgan fingerprint density at radius 2 is 1.95 bits per heavy atom. The topological polar surface area (TPSA) is 27.6 Å². The lowest BCUT2D eigenvalue weighted by molar-refractivity contribution is -0.132. The minimum atomic E-state index is -4.19. The van der Waals surface area contributed by atoms with Gasteiger partial charge in [0.25, 0.3) is 0 Å². The van der Waals surface area contributed by atoms with Gasteiger partial charge in [-0.15, -0.1) is 24.0 Å². The summed E-state index contributed by atoms with van der Waals surface area (Å²) in [5.74, 6) is 0.432. The molecular weight excluding hydrogens is 430 g/mol. The maximum atomic E-state index is 12.2. The zero-order chi connectivity index (χ0) is 15.9. The second kappa shape index (κ2) is 10.1. The standard InChI is InChI=1S/C14H19ClF3N3.HI/c1-3-19-13(20-9-8-14(16,17)18)21(2)10-11-6-4-5-7-12(11)15;/h4-7H,3,8-10H2,1-2H3,(H,19,20);1H. The Bertz CT molecular complexity index is 481. The third-order valence-electron chi connectivity index (χ3n) is 2.72. The summed E-state index contributed by atoms with van der Waals surface area (Å²) in [5, 5.41) is 3.59. The number of alkyl halides is 3. The van der Waals surface area contributed by atoms with E-state index in [9.17, 15) is 13.2 Å². The van der Waals surface area contributed by atoms with Crippen LogP contribution in [0.3, 0.4) is 0 Å². The van der Waals surface area contributed by atoms with Crippen LogP contribution in [-0.4, -0.2) is 37.2 Å². The Balaban J connectivity index is 0.00000441. The van der Waals surface area contributed by atoms with Gasteiger partial charge in [-0.1, -0.05) is 29.8 Å². The largest absolute Gasteiger partial charge is 0.390 e. The molecule has 0 atom stereocenters. The Morgan fingerprint density at radius 3 is 2.50 bits per heavy atom. The number of guanidine groups is 1. The van der Waals surface area contributed by atoms with E-state index in [0.717, 1.165) is 5.56 Å². The highest BCUT2D eigenvalue weighted by Crippen LogP contribution is 2.19. The van der Waals surface area contributed by atoms with Crippen LogP contribution in [0.1, 0.15) is 18.9 Å². The SMILES string of the molecule is CCNC(=NCCC(F)(F)F)N(C)Cc1ccccc1Cl.I. The molecule has 8 heteroatoms. The Morgan fingerprint density at radius 1 is 1.32 bits per heavy atom. The molecule has 3 nitrogen and oxygen atoms in total. The van der Waals surface area contributed by atoms with Crippen molar-refractivity contribution in [2.75, 3.05) is 20.1 Å². The fourth-order valence-corrected chi connectivity index (χ4v) is 1.91. The molecule has 0 amide bonds. The maximum Gasteiger partial charge on any atom is 0.390 e. The molecule has 1 rings (SSSR count). The van der Waals surface area contributed by atoms with Crippen molar-refractivity contribution >= 4 is 41.5 Å². The highest BCUT2D eigenvalue weighted by molar-refractivity contribution is 14.0. The summed E-state index contributed by atoms with van der Waals surface area (Å²) in [6.45, 7) is 2.62. The highest BCUT2D eigenvalue weighted by atomic mass is 127. The van der Waals surface area contributed by atoms with Crippen molar-refractivity contribution in [3.05, 3.63) is 34.9 Å². The molecule has 0 aliphatic rings. The molecule has 0 bridgehead atoms. The van der Waals surface area contributed by atoms with Crippen LogP contribution in [0.4, 0.5) is 13.2 Å². The number of benzene rings is 1. The van der Waals surface area contributed by atoms with Crippen molar-refractivity contribution in [1.82, 2.24) is 10.2 Å². The number of nitrogens with one attached hydrogen (secondary N) is 1. The van der Waals surface area contributed by atoms with E-state index in [1.54, 1.807) is 18.0 Å². The lowest BCUT2D eigenvalue weighted by Gasteiger charge is -2.22. The van der Waals surface area contributed by atoms with Gasteiger partial charge >= 0.3 is 6.18 Å². The Hall–Kier alpha value is -0.700. The number of rotatable bonds is 5. The number of aliphatic imine (C=N–C) groups is 1. The monoisotopic (exact) mass is 449 g/mol. The molecule has 0 heterocycles. The van der Waals surface area contributed by atoms with Gasteiger partial charge in [-0.25, -0.2) is 0 Å². The van der Waals surface area contributed by atoms with Crippen LogP contribution in [-0.2, 0) is 6.54 Å². The summed E-state index contributed by atoms with van der Waals surface area (Å²) in [4.78, 5) is 5.74. The Labute approximate surface area is 150 Å². The first-order chi connectivity index (χ1) is 9.83. The smallest absolute Gasteiger partial charge is 0.357 e. The van der Waals surface area contributed by atoms with Gasteiger partial charge in [0.1, 0.15) is 0 Å². The summed E-state index contributed by atoms with van der Waals surface area (Å²) < 4.78 is 36.5. The van der Waals surface area contributed by atoms with E-state index < -0.39 is 12.6 Å². The van der Waals surface area contributed by atoms with Crippen LogP contribution in [0.15, 0.2) is 29.3 Å². The molecular formula is C14H20ClF3IN3. The molecule has 0 aliphatic carbocycles. The molecule has 22 heavy (non-hydrogen) atoms. The summed E-state index contributed by atoms with van der Waals surface area (Å²) in [5.41, 5.74) is 0.892. The van der Waals surface area contributed by atoms with Gasteiger partial charge < -0.3 is 10.2 Å². The molecule has 126 valence electrons. The molecule has 0 spiro atoms. The third-order valence-corrected chi connectivity index (χ3v) is 3.09. The fourth-order valence-electron chi connectivity index (χ4n) is 1.72. The molecule has 1 aromatic rings. The molecule has 0 saturated carbocycles. The Kier molecular flexibility index (Phi) is 9.82. The zero-order valence-electron chi connectivity index (χ0n) is 12.5. The van der Waals surface area contributed by atoms with Gasteiger partial charge in [-0.3, -0.25) is 4.99 Å². The van der Waals surface area contributed by atoms with Gasteiger partial charge in [0.15, 0.2) is 5.96 Å². The molecule has 1 N–H and O–H groups in total. The minimum absolute atomic E-state index is 0. The van der Waals surface area contributed by atoms with E-state index in [1.165, 1.54) is 0 Å². The lowest BCUT2D eigenvalue weighted by Crippen LogP contribution is -2.38. The van der Waals surface area contributed by atoms with Crippen LogP contribution in [0.5, 0.6) is 0 Å². The van der Waals surface area contributed by atoms with Crippen molar-refractivity contribution in [2.45, 2.75) is 26.1 Å². The maximum absolute atomic E-state index is 12.2. The third kappa shape index (κ3) is 8.07. The number of nitrogens with zero attached hydrogens (tertiary/aromatic N) is 2. The fraction of sp³-hybridized carbons (Fsp3) is 0.500. The van der Waals surface area contributed by atoms with Gasteiger partial charge in [-0.05, 0) is 18.6 Å². The average molecular weight is 450 g/mol. The predicted molar refractivity (Wildman–Crippen MR) is 95.0 cm³/mol. The van der Waals surface area contributed by atoms with Crippen LogP contribution >= 0.6 is 35.6 Å². The molecule has 0 aliphatic heterocycles. The second-order valence-electron chi connectivity index (χ2n) is 4.55. The summed E-state index contributed by atoms with van der Waals surface area (Å²) in [6, 6.07) is 7.34. The van der Waals surface area contributed by atoms with E-state index in [2.05, 4.69) is 10.3 Å². The first-order valence-corrected chi connectivity index (χ1v) is 7.01. The molecule has 0 unspecified atom stereocenters.